The van der Waals surface area contributed by atoms with E-state index in [9.17, 15) is 15.4 Å². The van der Waals surface area contributed by atoms with Gasteiger partial charge in [-0.2, -0.15) is 5.26 Å². The van der Waals surface area contributed by atoms with E-state index in [0.29, 0.717) is 30.4 Å². The molecule has 0 fully saturated rings. The molecule has 0 radical (unpaired) electrons. The largest absolute Gasteiger partial charge is 0.457 e. The molecule has 29 heavy (non-hydrogen) atoms. The molecule has 1 aromatic heterocycles. The highest BCUT2D eigenvalue weighted by Gasteiger charge is 2.14. The van der Waals surface area contributed by atoms with E-state index < -0.39 is 13.0 Å². The molecule has 0 aliphatic rings. The van der Waals surface area contributed by atoms with Crippen molar-refractivity contribution >= 4 is 24.7 Å². The number of hydrogen-bond acceptors (Lipinski definition) is 5. The standard InChI is InChI=1S/C21H23N3O4Si/c1-29(2,3)11-10-27-15-23-14-16(13-22)20-12-19(8-9-21(20)23)28-18-6-4-17(5-7-18)24(25)26/h4-9,12,14H,10-11,15H2,1-3H3. The lowest BCUT2D eigenvalue weighted by Gasteiger charge is -2.15. The van der Waals surface area contributed by atoms with Gasteiger partial charge in [-0.15, -0.1) is 0 Å². The van der Waals surface area contributed by atoms with Gasteiger partial charge >= 0.3 is 0 Å². The quantitative estimate of drug-likeness (QED) is 0.211. The van der Waals surface area contributed by atoms with Crippen LogP contribution in [0.15, 0.2) is 48.7 Å². The first kappa shape index (κ1) is 20.6. The number of benzene rings is 2. The SMILES string of the molecule is C[Si](C)(C)CCOCn1cc(C#N)c2cc(Oc3ccc([N+](=O)[O-])cc3)ccc21. The van der Waals surface area contributed by atoms with Crippen molar-refractivity contribution in [1.82, 2.24) is 4.57 Å². The van der Waals surface area contributed by atoms with Gasteiger partial charge in [0.1, 0.15) is 24.3 Å². The third-order valence-corrected chi connectivity index (χ3v) is 6.19. The lowest BCUT2D eigenvalue weighted by Crippen LogP contribution is -2.21. The maximum atomic E-state index is 10.8. The number of fused-ring (bicyclic) bond motifs is 1. The maximum absolute atomic E-state index is 10.8. The van der Waals surface area contributed by atoms with Crippen molar-refractivity contribution < 1.29 is 14.4 Å². The van der Waals surface area contributed by atoms with Crippen LogP contribution in [-0.4, -0.2) is 24.2 Å². The molecule has 0 aliphatic heterocycles. The summed E-state index contributed by atoms with van der Waals surface area (Å²) < 4.78 is 13.5. The van der Waals surface area contributed by atoms with Crippen LogP contribution < -0.4 is 4.74 Å². The fourth-order valence-corrected chi connectivity index (χ4v) is 3.61. The summed E-state index contributed by atoms with van der Waals surface area (Å²) in [6.07, 6.45) is 1.79. The second kappa shape index (κ2) is 8.47. The Hall–Kier alpha value is -3.15. The molecule has 1 heterocycles. The number of nitro groups is 1. The molecule has 0 N–H and O–H groups in total. The first-order valence-electron chi connectivity index (χ1n) is 9.30. The Morgan fingerprint density at radius 2 is 1.83 bits per heavy atom. The van der Waals surface area contributed by atoms with Gasteiger partial charge in [0.25, 0.3) is 5.69 Å². The Balaban J connectivity index is 1.77. The van der Waals surface area contributed by atoms with E-state index in [1.54, 1.807) is 24.4 Å². The molecule has 3 aromatic rings. The molecule has 0 aliphatic carbocycles. The van der Waals surface area contributed by atoms with E-state index in [0.717, 1.165) is 16.9 Å². The Labute approximate surface area is 170 Å². The second-order valence-corrected chi connectivity index (χ2v) is 13.6. The molecule has 0 spiro atoms. The van der Waals surface area contributed by atoms with Gasteiger partial charge in [0.15, 0.2) is 0 Å². The van der Waals surface area contributed by atoms with E-state index >= 15 is 0 Å². The molecule has 0 bridgehead atoms. The molecule has 3 rings (SSSR count). The van der Waals surface area contributed by atoms with Gasteiger partial charge in [0.2, 0.25) is 0 Å². The number of nitrogens with zero attached hydrogens (tertiary/aromatic N) is 3. The summed E-state index contributed by atoms with van der Waals surface area (Å²) in [5.74, 6) is 1.04. The third-order valence-electron chi connectivity index (χ3n) is 4.48. The summed E-state index contributed by atoms with van der Waals surface area (Å²) in [5, 5.41) is 21.0. The van der Waals surface area contributed by atoms with Crippen LogP contribution in [0, 0.1) is 21.4 Å². The molecule has 2 aromatic carbocycles. The van der Waals surface area contributed by atoms with Gasteiger partial charge < -0.3 is 14.0 Å². The first-order chi connectivity index (χ1) is 13.8. The number of ether oxygens (including phenoxy) is 2. The number of aromatic nitrogens is 1. The van der Waals surface area contributed by atoms with Crippen LogP contribution in [0.1, 0.15) is 5.56 Å². The fraction of sp³-hybridized carbons (Fsp3) is 0.286. The summed E-state index contributed by atoms with van der Waals surface area (Å²) in [5.41, 5.74) is 1.44. The van der Waals surface area contributed by atoms with Crippen LogP contribution in [0.3, 0.4) is 0 Å². The van der Waals surface area contributed by atoms with Crippen molar-refractivity contribution in [2.24, 2.45) is 0 Å². The summed E-state index contributed by atoms with van der Waals surface area (Å²) in [4.78, 5) is 10.3. The van der Waals surface area contributed by atoms with E-state index in [2.05, 4.69) is 25.7 Å². The Morgan fingerprint density at radius 1 is 1.14 bits per heavy atom. The molecule has 7 nitrogen and oxygen atoms in total. The molecular weight excluding hydrogens is 386 g/mol. The minimum atomic E-state index is -1.15. The van der Waals surface area contributed by atoms with E-state index in [4.69, 9.17) is 9.47 Å². The highest BCUT2D eigenvalue weighted by molar-refractivity contribution is 6.76. The van der Waals surface area contributed by atoms with E-state index in [1.165, 1.54) is 12.1 Å². The zero-order valence-corrected chi connectivity index (χ0v) is 17.7. The molecule has 0 amide bonds. The number of non-ortho nitro benzene ring substituents is 1. The summed E-state index contributed by atoms with van der Waals surface area (Å²) in [6, 6.07) is 14.7. The van der Waals surface area contributed by atoms with Gasteiger partial charge in [-0.25, -0.2) is 0 Å². The third kappa shape index (κ3) is 5.22. The van der Waals surface area contributed by atoms with Crippen LogP contribution in [0.25, 0.3) is 10.9 Å². The summed E-state index contributed by atoms with van der Waals surface area (Å²) in [6.45, 7) is 8.02. The molecule has 0 saturated heterocycles. The minimum absolute atomic E-state index is 0.00534. The van der Waals surface area contributed by atoms with Crippen LogP contribution in [0.4, 0.5) is 5.69 Å². The zero-order chi connectivity index (χ0) is 21.0. The topological polar surface area (TPSA) is 90.3 Å². The van der Waals surface area contributed by atoms with Gasteiger partial charge in [-0.05, 0) is 36.4 Å². The van der Waals surface area contributed by atoms with Gasteiger partial charge in [-0.1, -0.05) is 19.6 Å². The van der Waals surface area contributed by atoms with Crippen LogP contribution in [-0.2, 0) is 11.5 Å². The van der Waals surface area contributed by atoms with Crippen molar-refractivity contribution in [2.75, 3.05) is 6.61 Å². The van der Waals surface area contributed by atoms with Gasteiger partial charge in [0, 0.05) is 38.4 Å². The predicted molar refractivity (Wildman–Crippen MR) is 114 cm³/mol. The van der Waals surface area contributed by atoms with E-state index in [1.807, 2.05) is 16.7 Å². The number of nitro benzene ring substituents is 1. The molecule has 0 unspecified atom stereocenters. The molecule has 150 valence electrons. The average Bonchev–Trinajstić information content (AvgIpc) is 3.02. The zero-order valence-electron chi connectivity index (χ0n) is 16.7. The van der Waals surface area contributed by atoms with Crippen molar-refractivity contribution in [3.8, 4) is 17.6 Å². The monoisotopic (exact) mass is 409 g/mol. The van der Waals surface area contributed by atoms with Crippen LogP contribution >= 0.6 is 0 Å². The Bertz CT molecular complexity index is 1060. The molecular formula is C21H23N3O4Si. The predicted octanol–water partition coefficient (Wildman–Crippen LogP) is 5.53. The number of rotatable bonds is 8. The normalized spacial score (nSPS) is 11.4. The molecule has 0 atom stereocenters. The minimum Gasteiger partial charge on any atom is -0.457 e. The van der Waals surface area contributed by atoms with Crippen molar-refractivity contribution in [2.45, 2.75) is 32.4 Å². The van der Waals surface area contributed by atoms with E-state index in [-0.39, 0.29) is 5.69 Å². The van der Waals surface area contributed by atoms with Crippen LogP contribution in [0.2, 0.25) is 25.7 Å². The maximum Gasteiger partial charge on any atom is 0.269 e. The number of nitriles is 1. The summed E-state index contributed by atoms with van der Waals surface area (Å²) >= 11 is 0. The average molecular weight is 410 g/mol. The van der Waals surface area contributed by atoms with Gasteiger partial charge in [0.05, 0.1) is 16.0 Å². The second-order valence-electron chi connectivity index (χ2n) is 8.00. The van der Waals surface area contributed by atoms with Crippen molar-refractivity contribution in [3.63, 3.8) is 0 Å². The Morgan fingerprint density at radius 3 is 2.45 bits per heavy atom. The lowest BCUT2D eigenvalue weighted by molar-refractivity contribution is -0.384. The Kier molecular flexibility index (Phi) is 6.01. The first-order valence-corrected chi connectivity index (χ1v) is 13.0. The smallest absolute Gasteiger partial charge is 0.269 e. The van der Waals surface area contributed by atoms with Crippen LogP contribution in [0.5, 0.6) is 11.5 Å². The lowest BCUT2D eigenvalue weighted by atomic mass is 10.2. The number of hydrogen-bond donors (Lipinski definition) is 0. The highest BCUT2D eigenvalue weighted by atomic mass is 28.3. The molecule has 8 heteroatoms. The summed E-state index contributed by atoms with van der Waals surface area (Å²) in [7, 11) is -1.15. The van der Waals surface area contributed by atoms with Gasteiger partial charge in [-0.3, -0.25) is 10.1 Å². The highest BCUT2D eigenvalue weighted by Crippen LogP contribution is 2.29. The molecule has 0 saturated carbocycles. The fourth-order valence-electron chi connectivity index (χ4n) is 2.85. The van der Waals surface area contributed by atoms with Crippen molar-refractivity contribution in [3.05, 3.63) is 64.3 Å². The van der Waals surface area contributed by atoms with Crippen molar-refractivity contribution in [1.29, 1.82) is 5.26 Å².